The number of halogens is 3. The van der Waals surface area contributed by atoms with Crippen LogP contribution >= 0.6 is 24.0 Å². The molecule has 0 spiro atoms. The van der Waals surface area contributed by atoms with Crippen LogP contribution in [0.3, 0.4) is 0 Å². The molecule has 0 unspecified atom stereocenters. The molecule has 0 atom stereocenters. The second kappa shape index (κ2) is 11.9. The van der Waals surface area contributed by atoms with Crippen LogP contribution < -0.4 is 20.7 Å². The van der Waals surface area contributed by atoms with Crippen LogP contribution in [-0.4, -0.2) is 43.6 Å². The van der Waals surface area contributed by atoms with Crippen LogP contribution in [0.1, 0.15) is 27.7 Å². The van der Waals surface area contributed by atoms with Crippen LogP contribution in [0.5, 0.6) is 5.75 Å². The Kier molecular flexibility index (Phi) is 11.1. The molecule has 9 heteroatoms. The number of hydrogen-bond donors (Lipinski definition) is 3. The summed E-state index contributed by atoms with van der Waals surface area (Å²) in [6, 6.07) is 3.13. The summed E-state index contributed by atoms with van der Waals surface area (Å²) < 4.78 is 31.5. The highest BCUT2D eigenvalue weighted by Gasteiger charge is 2.13. The second-order valence-electron chi connectivity index (χ2n) is 6.34. The average molecular weight is 484 g/mol. The van der Waals surface area contributed by atoms with Crippen LogP contribution in [0, 0.1) is 11.6 Å². The highest BCUT2D eigenvalue weighted by molar-refractivity contribution is 14.0. The highest BCUT2D eigenvalue weighted by Crippen LogP contribution is 2.17. The average Bonchev–Trinajstić information content (AvgIpc) is 2.49. The van der Waals surface area contributed by atoms with Gasteiger partial charge in [-0.05, 0) is 39.8 Å². The molecule has 0 bridgehead atoms. The Morgan fingerprint density at radius 2 is 1.92 bits per heavy atom. The molecule has 3 N–H and O–H groups in total. The van der Waals surface area contributed by atoms with Crippen LogP contribution in [0.15, 0.2) is 23.2 Å². The smallest absolute Gasteiger partial charge is 0.242 e. The number of amides is 1. The van der Waals surface area contributed by atoms with Gasteiger partial charge in [-0.3, -0.25) is 4.79 Å². The van der Waals surface area contributed by atoms with Gasteiger partial charge in [0, 0.05) is 18.2 Å². The quantitative estimate of drug-likeness (QED) is 0.241. The molecule has 0 saturated heterocycles. The van der Waals surface area contributed by atoms with E-state index < -0.39 is 11.6 Å². The molecular weight excluding hydrogens is 457 g/mol. The van der Waals surface area contributed by atoms with Gasteiger partial charge in [0.2, 0.25) is 5.91 Å². The Bertz CT molecular complexity index is 607. The number of guanidine groups is 1. The van der Waals surface area contributed by atoms with Crippen molar-refractivity contribution in [3.05, 3.63) is 29.8 Å². The molecule has 1 amide bonds. The predicted octanol–water partition coefficient (Wildman–Crippen LogP) is 2.43. The molecule has 0 heterocycles. The van der Waals surface area contributed by atoms with Gasteiger partial charge < -0.3 is 20.7 Å². The largest absolute Gasteiger partial charge is 0.489 e. The van der Waals surface area contributed by atoms with E-state index in [4.69, 9.17) is 4.74 Å². The maximum Gasteiger partial charge on any atom is 0.242 e. The van der Waals surface area contributed by atoms with Crippen LogP contribution in [0.25, 0.3) is 0 Å². The first kappa shape index (κ1) is 24.4. The molecule has 1 rings (SSSR count). The van der Waals surface area contributed by atoms with Gasteiger partial charge in [-0.25, -0.2) is 13.8 Å². The maximum absolute atomic E-state index is 13.4. The first-order chi connectivity index (χ1) is 11.7. The summed E-state index contributed by atoms with van der Waals surface area (Å²) in [6.07, 6.45) is 0. The summed E-state index contributed by atoms with van der Waals surface area (Å²) >= 11 is 0. The van der Waals surface area contributed by atoms with Gasteiger partial charge in [-0.2, -0.15) is 0 Å². The van der Waals surface area contributed by atoms with E-state index in [-0.39, 0.29) is 54.3 Å². The Morgan fingerprint density at radius 3 is 2.50 bits per heavy atom. The molecule has 0 radical (unpaired) electrons. The zero-order valence-electron chi connectivity index (χ0n) is 15.5. The summed E-state index contributed by atoms with van der Waals surface area (Å²) in [5.41, 5.74) is -0.314. The van der Waals surface area contributed by atoms with Crippen LogP contribution in [0.2, 0.25) is 0 Å². The number of carbonyl (C=O) groups excluding carboxylic acids is 1. The summed E-state index contributed by atoms with van der Waals surface area (Å²) in [4.78, 5) is 16.0. The molecule has 1 aromatic rings. The van der Waals surface area contributed by atoms with E-state index in [2.05, 4.69) is 20.9 Å². The third-order valence-electron chi connectivity index (χ3n) is 2.79. The van der Waals surface area contributed by atoms with E-state index in [1.807, 2.05) is 27.7 Å². The van der Waals surface area contributed by atoms with Crippen LogP contribution in [-0.2, 0) is 4.79 Å². The SMILES string of the molecule is CCNC(=NCC(=O)NC(C)(C)C)NCCOc1ccc(F)cc1F.I. The number of ether oxygens (including phenoxy) is 1. The molecule has 148 valence electrons. The Labute approximate surface area is 170 Å². The lowest BCUT2D eigenvalue weighted by Crippen LogP contribution is -2.43. The van der Waals surface area contributed by atoms with Crippen molar-refractivity contribution in [2.24, 2.45) is 4.99 Å². The second-order valence-corrected chi connectivity index (χ2v) is 6.34. The number of carbonyl (C=O) groups is 1. The zero-order valence-corrected chi connectivity index (χ0v) is 17.8. The van der Waals surface area contributed by atoms with Crippen molar-refractivity contribution in [3.63, 3.8) is 0 Å². The Hall–Kier alpha value is -1.65. The normalized spacial score (nSPS) is 11.4. The minimum Gasteiger partial charge on any atom is -0.489 e. The van der Waals surface area contributed by atoms with Crippen LogP contribution in [0.4, 0.5) is 8.78 Å². The predicted molar refractivity (Wildman–Crippen MR) is 109 cm³/mol. The molecule has 1 aromatic carbocycles. The topological polar surface area (TPSA) is 74.8 Å². The van der Waals surface area contributed by atoms with Gasteiger partial charge in [-0.1, -0.05) is 0 Å². The number of rotatable bonds is 7. The van der Waals surface area contributed by atoms with Gasteiger partial charge in [0.25, 0.3) is 0 Å². The Balaban J connectivity index is 0.00000625. The maximum atomic E-state index is 13.4. The monoisotopic (exact) mass is 484 g/mol. The lowest BCUT2D eigenvalue weighted by molar-refractivity contribution is -0.121. The van der Waals surface area contributed by atoms with Crippen molar-refractivity contribution in [1.29, 1.82) is 0 Å². The van der Waals surface area contributed by atoms with Crippen molar-refractivity contribution in [2.45, 2.75) is 33.2 Å². The molecule has 0 saturated carbocycles. The standard InChI is InChI=1S/C17H26F2N4O2.HI/c1-5-20-16(22-11-15(24)23-17(2,3)4)21-8-9-25-14-7-6-12(18)10-13(14)19;/h6-7,10H,5,8-9,11H2,1-4H3,(H,23,24)(H2,20,21,22);1H. The number of nitrogens with one attached hydrogen (secondary N) is 3. The van der Waals surface area contributed by atoms with Gasteiger partial charge in [0.1, 0.15) is 19.0 Å². The van der Waals surface area contributed by atoms with E-state index in [9.17, 15) is 13.6 Å². The summed E-state index contributed by atoms with van der Waals surface area (Å²) in [5, 5.41) is 8.79. The lowest BCUT2D eigenvalue weighted by Gasteiger charge is -2.20. The van der Waals surface area contributed by atoms with Gasteiger partial charge in [-0.15, -0.1) is 24.0 Å². The summed E-state index contributed by atoms with van der Waals surface area (Å²) in [7, 11) is 0. The molecule has 0 aromatic heterocycles. The zero-order chi connectivity index (χ0) is 18.9. The fourth-order valence-corrected chi connectivity index (χ4v) is 1.87. The molecule has 0 aliphatic rings. The minimum absolute atomic E-state index is 0. The van der Waals surface area contributed by atoms with Gasteiger partial charge in [0.15, 0.2) is 17.5 Å². The number of benzene rings is 1. The van der Waals surface area contributed by atoms with E-state index in [0.717, 1.165) is 12.1 Å². The third kappa shape index (κ3) is 10.4. The fourth-order valence-electron chi connectivity index (χ4n) is 1.87. The molecule has 0 aliphatic heterocycles. The number of hydrogen-bond acceptors (Lipinski definition) is 3. The van der Waals surface area contributed by atoms with E-state index in [0.29, 0.717) is 19.0 Å². The van der Waals surface area contributed by atoms with Crippen molar-refractivity contribution in [2.75, 3.05) is 26.2 Å². The van der Waals surface area contributed by atoms with Crippen molar-refractivity contribution in [3.8, 4) is 5.75 Å². The van der Waals surface area contributed by atoms with Crippen molar-refractivity contribution < 1.29 is 18.3 Å². The van der Waals surface area contributed by atoms with Crippen molar-refractivity contribution >= 4 is 35.8 Å². The third-order valence-corrected chi connectivity index (χ3v) is 2.79. The first-order valence-corrected chi connectivity index (χ1v) is 8.12. The molecule has 6 nitrogen and oxygen atoms in total. The van der Waals surface area contributed by atoms with E-state index in [1.165, 1.54) is 6.07 Å². The molecular formula is C17H27F2IN4O2. The summed E-state index contributed by atoms with van der Waals surface area (Å²) in [6.45, 7) is 8.68. The van der Waals surface area contributed by atoms with E-state index in [1.54, 1.807) is 0 Å². The number of nitrogens with zero attached hydrogens (tertiary/aromatic N) is 1. The highest BCUT2D eigenvalue weighted by atomic mass is 127. The van der Waals surface area contributed by atoms with E-state index >= 15 is 0 Å². The fraction of sp³-hybridized carbons (Fsp3) is 0.529. The Morgan fingerprint density at radius 1 is 1.23 bits per heavy atom. The lowest BCUT2D eigenvalue weighted by atomic mass is 10.1. The van der Waals surface area contributed by atoms with Crippen molar-refractivity contribution in [1.82, 2.24) is 16.0 Å². The summed E-state index contributed by atoms with van der Waals surface area (Å²) in [5.74, 6) is -1.16. The van der Waals surface area contributed by atoms with Gasteiger partial charge >= 0.3 is 0 Å². The molecule has 0 aliphatic carbocycles. The first-order valence-electron chi connectivity index (χ1n) is 8.12. The molecule has 0 fully saturated rings. The number of aliphatic imine (C=N–C) groups is 1. The minimum atomic E-state index is -0.751. The molecule has 26 heavy (non-hydrogen) atoms. The van der Waals surface area contributed by atoms with Gasteiger partial charge in [0.05, 0.1) is 6.54 Å².